The second-order valence-corrected chi connectivity index (χ2v) is 10.2. The van der Waals surface area contributed by atoms with Crippen molar-refractivity contribution in [1.82, 2.24) is 0 Å². The second-order valence-electron chi connectivity index (χ2n) is 10.2. The summed E-state index contributed by atoms with van der Waals surface area (Å²) in [7, 11) is 1.71. The van der Waals surface area contributed by atoms with E-state index in [4.69, 9.17) is 4.74 Å². The fraction of sp³-hybridized carbons (Fsp3) is 0.0256. The van der Waals surface area contributed by atoms with E-state index in [0.717, 1.165) is 22.8 Å². The number of hydrogen-bond acceptors (Lipinski definition) is 2. The highest BCUT2D eigenvalue weighted by molar-refractivity contribution is 6.06. The largest absolute Gasteiger partial charge is 0.497 e. The van der Waals surface area contributed by atoms with E-state index in [0.29, 0.717) is 0 Å². The Hall–Kier alpha value is -5.34. The number of anilines is 3. The van der Waals surface area contributed by atoms with Crippen LogP contribution in [0.2, 0.25) is 0 Å². The summed E-state index contributed by atoms with van der Waals surface area (Å²) in [6.45, 7) is 0. The fourth-order valence-electron chi connectivity index (χ4n) is 5.71. The Kier molecular flexibility index (Phi) is 6.42. The van der Waals surface area contributed by atoms with E-state index in [1.807, 2.05) is 12.1 Å². The summed E-state index contributed by atoms with van der Waals surface area (Å²) in [5.74, 6) is 0.833. The van der Waals surface area contributed by atoms with Crippen LogP contribution in [-0.2, 0) is 0 Å². The summed E-state index contributed by atoms with van der Waals surface area (Å²) in [4.78, 5) is 2.36. The zero-order valence-corrected chi connectivity index (χ0v) is 22.9. The molecule has 0 unspecified atom stereocenters. The third kappa shape index (κ3) is 4.70. The topological polar surface area (TPSA) is 12.5 Å². The van der Waals surface area contributed by atoms with E-state index in [1.165, 1.54) is 43.8 Å². The van der Waals surface area contributed by atoms with Gasteiger partial charge in [-0.1, -0.05) is 109 Å². The van der Waals surface area contributed by atoms with Crippen LogP contribution in [-0.4, -0.2) is 7.11 Å². The molecule has 0 amide bonds. The molecule has 7 aromatic carbocycles. The minimum Gasteiger partial charge on any atom is -0.497 e. The van der Waals surface area contributed by atoms with Gasteiger partial charge >= 0.3 is 0 Å². The molecule has 0 bridgehead atoms. The third-order valence-electron chi connectivity index (χ3n) is 7.73. The number of rotatable bonds is 6. The SMILES string of the molecule is COc1ccc(N(c2cccc(-c3ccccc3)c2)c2ccc3ccccc3c2-c2ccc3ccccc3c2)cc1. The van der Waals surface area contributed by atoms with Gasteiger partial charge in [-0.05, 0) is 86.8 Å². The van der Waals surface area contributed by atoms with E-state index in [1.54, 1.807) is 7.11 Å². The molecule has 0 aliphatic heterocycles. The van der Waals surface area contributed by atoms with Gasteiger partial charge < -0.3 is 9.64 Å². The van der Waals surface area contributed by atoms with E-state index >= 15 is 0 Å². The van der Waals surface area contributed by atoms with Crippen molar-refractivity contribution in [2.75, 3.05) is 12.0 Å². The van der Waals surface area contributed by atoms with Crippen molar-refractivity contribution in [3.8, 4) is 28.0 Å². The van der Waals surface area contributed by atoms with Crippen LogP contribution in [0.4, 0.5) is 17.1 Å². The first-order chi connectivity index (χ1) is 20.3. The molecule has 7 aromatic rings. The number of hydrogen-bond donors (Lipinski definition) is 0. The molecular formula is C39H29NO. The van der Waals surface area contributed by atoms with Crippen molar-refractivity contribution in [3.63, 3.8) is 0 Å². The highest BCUT2D eigenvalue weighted by Gasteiger charge is 2.20. The zero-order valence-electron chi connectivity index (χ0n) is 22.9. The van der Waals surface area contributed by atoms with Crippen LogP contribution in [0, 0.1) is 0 Å². The first-order valence-electron chi connectivity index (χ1n) is 13.9. The van der Waals surface area contributed by atoms with Gasteiger partial charge in [-0.3, -0.25) is 0 Å². The summed E-state index contributed by atoms with van der Waals surface area (Å²) >= 11 is 0. The van der Waals surface area contributed by atoms with E-state index in [9.17, 15) is 0 Å². The monoisotopic (exact) mass is 527 g/mol. The molecule has 7 rings (SSSR count). The molecule has 0 fully saturated rings. The molecule has 0 atom stereocenters. The lowest BCUT2D eigenvalue weighted by atomic mass is 9.93. The van der Waals surface area contributed by atoms with Crippen LogP contribution >= 0.6 is 0 Å². The Labute approximate surface area is 240 Å². The maximum absolute atomic E-state index is 5.51. The van der Waals surface area contributed by atoms with Crippen molar-refractivity contribution in [3.05, 3.63) is 158 Å². The van der Waals surface area contributed by atoms with E-state index in [-0.39, 0.29) is 0 Å². The first kappa shape index (κ1) is 24.7. The van der Waals surface area contributed by atoms with E-state index in [2.05, 4.69) is 150 Å². The van der Waals surface area contributed by atoms with Gasteiger partial charge in [0.25, 0.3) is 0 Å². The van der Waals surface area contributed by atoms with Gasteiger partial charge in [-0.2, -0.15) is 0 Å². The molecule has 0 aromatic heterocycles. The van der Waals surface area contributed by atoms with E-state index < -0.39 is 0 Å². The predicted molar refractivity (Wildman–Crippen MR) is 174 cm³/mol. The van der Waals surface area contributed by atoms with Gasteiger partial charge in [0.15, 0.2) is 0 Å². The average molecular weight is 528 g/mol. The van der Waals surface area contributed by atoms with Gasteiger partial charge in [0, 0.05) is 16.9 Å². The Bertz CT molecular complexity index is 1980. The normalized spacial score (nSPS) is 11.0. The number of methoxy groups -OCH3 is 1. The van der Waals surface area contributed by atoms with Crippen LogP contribution in [0.3, 0.4) is 0 Å². The molecule has 0 aliphatic carbocycles. The summed E-state index contributed by atoms with van der Waals surface area (Å²) in [6.07, 6.45) is 0. The fourth-order valence-corrected chi connectivity index (χ4v) is 5.71. The lowest BCUT2D eigenvalue weighted by molar-refractivity contribution is 0.415. The maximum Gasteiger partial charge on any atom is 0.119 e. The summed E-state index contributed by atoms with van der Waals surface area (Å²) in [6, 6.07) is 56.2. The number of benzene rings is 7. The molecule has 0 aliphatic rings. The van der Waals surface area contributed by atoms with Crippen molar-refractivity contribution in [2.24, 2.45) is 0 Å². The molecule has 0 N–H and O–H groups in total. The smallest absolute Gasteiger partial charge is 0.119 e. The lowest BCUT2D eigenvalue weighted by Crippen LogP contribution is -2.11. The van der Waals surface area contributed by atoms with Crippen LogP contribution in [0.15, 0.2) is 158 Å². The van der Waals surface area contributed by atoms with Crippen molar-refractivity contribution in [2.45, 2.75) is 0 Å². The standard InChI is InChI=1S/C39H29NO/c1-41-36-23-21-34(22-24-36)40(35-16-9-15-32(27-35)28-10-3-2-4-11-28)38-25-20-30-13-7-8-17-37(30)39(38)33-19-18-29-12-5-6-14-31(29)26-33/h2-27H,1H3. The molecule has 2 heteroatoms. The third-order valence-corrected chi connectivity index (χ3v) is 7.73. The quantitative estimate of drug-likeness (QED) is 0.213. The highest BCUT2D eigenvalue weighted by Crippen LogP contribution is 2.45. The van der Waals surface area contributed by atoms with Gasteiger partial charge in [0.05, 0.1) is 12.8 Å². The summed E-state index contributed by atoms with van der Waals surface area (Å²) < 4.78 is 5.51. The molecule has 0 heterocycles. The van der Waals surface area contributed by atoms with Crippen LogP contribution < -0.4 is 9.64 Å². The van der Waals surface area contributed by atoms with Crippen LogP contribution in [0.1, 0.15) is 0 Å². The number of fused-ring (bicyclic) bond motifs is 2. The number of ether oxygens (including phenoxy) is 1. The van der Waals surface area contributed by atoms with Gasteiger partial charge in [-0.25, -0.2) is 0 Å². The molecule has 0 radical (unpaired) electrons. The van der Waals surface area contributed by atoms with Gasteiger partial charge in [-0.15, -0.1) is 0 Å². The Morgan fingerprint density at radius 3 is 1.93 bits per heavy atom. The lowest BCUT2D eigenvalue weighted by Gasteiger charge is -2.29. The minimum atomic E-state index is 0.833. The molecular weight excluding hydrogens is 498 g/mol. The number of nitrogens with zero attached hydrogens (tertiary/aromatic N) is 1. The second kappa shape index (κ2) is 10.7. The Morgan fingerprint density at radius 2 is 1.12 bits per heavy atom. The molecule has 0 saturated carbocycles. The minimum absolute atomic E-state index is 0.833. The molecule has 0 spiro atoms. The average Bonchev–Trinajstić information content (AvgIpc) is 3.05. The van der Waals surface area contributed by atoms with Crippen LogP contribution in [0.25, 0.3) is 43.8 Å². The van der Waals surface area contributed by atoms with Crippen LogP contribution in [0.5, 0.6) is 5.75 Å². The predicted octanol–water partition coefficient (Wildman–Crippen LogP) is 10.8. The first-order valence-corrected chi connectivity index (χ1v) is 13.9. The van der Waals surface area contributed by atoms with Crippen molar-refractivity contribution < 1.29 is 4.74 Å². The van der Waals surface area contributed by atoms with Crippen molar-refractivity contribution >= 4 is 38.6 Å². The van der Waals surface area contributed by atoms with Crippen molar-refractivity contribution in [1.29, 1.82) is 0 Å². The molecule has 2 nitrogen and oxygen atoms in total. The molecule has 196 valence electrons. The van der Waals surface area contributed by atoms with Gasteiger partial charge in [0.2, 0.25) is 0 Å². The highest BCUT2D eigenvalue weighted by atomic mass is 16.5. The summed E-state index contributed by atoms with van der Waals surface area (Å²) in [5, 5.41) is 4.90. The molecule has 41 heavy (non-hydrogen) atoms. The zero-order chi connectivity index (χ0) is 27.6. The summed E-state index contributed by atoms with van der Waals surface area (Å²) in [5.41, 5.74) is 8.03. The van der Waals surface area contributed by atoms with Gasteiger partial charge in [0.1, 0.15) is 5.75 Å². The Balaban J connectivity index is 1.51. The maximum atomic E-state index is 5.51. The molecule has 0 saturated heterocycles. The Morgan fingerprint density at radius 1 is 0.439 bits per heavy atom.